The van der Waals surface area contributed by atoms with E-state index < -0.39 is 0 Å². The van der Waals surface area contributed by atoms with E-state index in [0.29, 0.717) is 5.56 Å². The highest BCUT2D eigenvalue weighted by atomic mass is 16.5. The molecule has 2 aromatic carbocycles. The predicted octanol–water partition coefficient (Wildman–Crippen LogP) is 4.73. The second kappa shape index (κ2) is 8.47. The van der Waals surface area contributed by atoms with Gasteiger partial charge in [-0.1, -0.05) is 0 Å². The van der Waals surface area contributed by atoms with Crippen LogP contribution < -0.4 is 4.74 Å². The number of aromatic hydroxyl groups is 1. The maximum Gasteiger partial charge on any atom is 0.159 e. The molecule has 1 N–H and O–H groups in total. The second-order valence-corrected chi connectivity index (χ2v) is 6.21. The van der Waals surface area contributed by atoms with Gasteiger partial charge in [0.25, 0.3) is 0 Å². The number of aryl methyl sites for hydroxylation is 4. The lowest BCUT2D eigenvalue weighted by Crippen LogP contribution is -1.97. The maximum absolute atomic E-state index is 11.1. The number of ether oxygens (including phenoxy) is 1. The Morgan fingerprint density at radius 1 is 0.760 bits per heavy atom. The normalized spacial score (nSPS) is 9.88. The van der Waals surface area contributed by atoms with E-state index in [1.54, 1.807) is 40.0 Å². The molecule has 0 aliphatic rings. The van der Waals surface area contributed by atoms with Crippen molar-refractivity contribution in [2.75, 3.05) is 7.11 Å². The molecule has 0 aliphatic heterocycles. The van der Waals surface area contributed by atoms with Crippen molar-refractivity contribution in [3.05, 3.63) is 57.6 Å². The van der Waals surface area contributed by atoms with Crippen LogP contribution in [-0.4, -0.2) is 23.8 Å². The first kappa shape index (κ1) is 20.4. The molecule has 2 aromatic rings. The summed E-state index contributed by atoms with van der Waals surface area (Å²) < 4.78 is 5.20. The van der Waals surface area contributed by atoms with Gasteiger partial charge in [0.15, 0.2) is 11.6 Å². The number of carbonyl (C=O) groups is 2. The summed E-state index contributed by atoms with van der Waals surface area (Å²) in [7, 11) is 1.64. The summed E-state index contributed by atoms with van der Waals surface area (Å²) in [6.45, 7) is 10.5. The number of hydrogen-bond donors (Lipinski definition) is 1. The molecule has 0 radical (unpaired) electrons. The van der Waals surface area contributed by atoms with Gasteiger partial charge >= 0.3 is 0 Å². The highest BCUT2D eigenvalue weighted by Gasteiger charge is 2.07. The standard InChI is InChI=1S/C11H14O2.C10H12O2/c1-7-5-10(9(3)12)6-8(2)11(7)13-4;1-6-4-9(8(3)11)5-7(2)10(6)12/h5-6H,1-4H3;4-5,12H,1-3H3. The van der Waals surface area contributed by atoms with Gasteiger partial charge < -0.3 is 9.84 Å². The van der Waals surface area contributed by atoms with Crippen molar-refractivity contribution < 1.29 is 19.4 Å². The molecule has 0 aliphatic carbocycles. The zero-order valence-corrected chi connectivity index (χ0v) is 16.0. The molecule has 0 aromatic heterocycles. The monoisotopic (exact) mass is 342 g/mol. The summed E-state index contributed by atoms with van der Waals surface area (Å²) in [6, 6.07) is 7.11. The first-order valence-corrected chi connectivity index (χ1v) is 8.05. The van der Waals surface area contributed by atoms with Gasteiger partial charge in [-0.05, 0) is 88.1 Å². The molecule has 0 bridgehead atoms. The van der Waals surface area contributed by atoms with Crippen LogP contribution in [-0.2, 0) is 0 Å². The molecule has 0 heterocycles. The highest BCUT2D eigenvalue weighted by Crippen LogP contribution is 2.24. The van der Waals surface area contributed by atoms with Gasteiger partial charge in [0.05, 0.1) is 7.11 Å². The molecule has 134 valence electrons. The number of ketones is 2. The van der Waals surface area contributed by atoms with Crippen LogP contribution in [0.1, 0.15) is 56.8 Å². The Kier molecular flexibility index (Phi) is 6.92. The average Bonchev–Trinajstić information content (AvgIpc) is 2.52. The number of benzene rings is 2. The summed E-state index contributed by atoms with van der Waals surface area (Å²) >= 11 is 0. The molecule has 0 saturated heterocycles. The molecule has 0 unspecified atom stereocenters. The molecule has 0 fully saturated rings. The van der Waals surface area contributed by atoms with Crippen molar-refractivity contribution in [2.24, 2.45) is 0 Å². The van der Waals surface area contributed by atoms with Crippen molar-refractivity contribution in [1.29, 1.82) is 0 Å². The first-order valence-electron chi connectivity index (χ1n) is 8.05. The van der Waals surface area contributed by atoms with Gasteiger partial charge in [-0.3, -0.25) is 9.59 Å². The van der Waals surface area contributed by atoms with Crippen molar-refractivity contribution >= 4 is 11.6 Å². The Labute approximate surface area is 149 Å². The quantitative estimate of drug-likeness (QED) is 0.819. The van der Waals surface area contributed by atoms with Gasteiger partial charge in [-0.15, -0.1) is 0 Å². The first-order chi connectivity index (χ1) is 11.6. The SMILES string of the molecule is CC(=O)c1cc(C)c(O)c(C)c1.COc1c(C)cc(C(C)=O)cc1C. The topological polar surface area (TPSA) is 63.6 Å². The fraction of sp³-hybridized carbons (Fsp3) is 0.333. The van der Waals surface area contributed by atoms with Gasteiger partial charge in [0.2, 0.25) is 0 Å². The number of hydrogen-bond acceptors (Lipinski definition) is 4. The number of phenols is 1. The summed E-state index contributed by atoms with van der Waals surface area (Å²) in [5.41, 5.74) is 4.92. The van der Waals surface area contributed by atoms with E-state index in [9.17, 15) is 14.7 Å². The number of Topliss-reactive ketones (excluding diaryl/α,β-unsaturated/α-hetero) is 2. The molecular formula is C21H26O4. The average molecular weight is 342 g/mol. The van der Waals surface area contributed by atoms with E-state index in [4.69, 9.17) is 4.74 Å². The third-order valence-electron chi connectivity index (χ3n) is 3.97. The number of carbonyl (C=O) groups excluding carboxylic acids is 2. The van der Waals surface area contributed by atoms with E-state index >= 15 is 0 Å². The van der Waals surface area contributed by atoms with Crippen LogP contribution >= 0.6 is 0 Å². The Balaban J connectivity index is 0.000000251. The Morgan fingerprint density at radius 3 is 1.36 bits per heavy atom. The minimum absolute atomic E-state index is 0.0289. The number of rotatable bonds is 3. The molecule has 25 heavy (non-hydrogen) atoms. The van der Waals surface area contributed by atoms with Crippen molar-refractivity contribution in [1.82, 2.24) is 0 Å². The lowest BCUT2D eigenvalue weighted by Gasteiger charge is -2.09. The molecule has 0 amide bonds. The van der Waals surface area contributed by atoms with Crippen molar-refractivity contribution in [3.63, 3.8) is 0 Å². The largest absolute Gasteiger partial charge is 0.507 e. The third kappa shape index (κ3) is 5.18. The number of methoxy groups -OCH3 is 1. The third-order valence-corrected chi connectivity index (χ3v) is 3.97. The minimum Gasteiger partial charge on any atom is -0.507 e. The van der Waals surface area contributed by atoms with Crippen molar-refractivity contribution in [2.45, 2.75) is 41.5 Å². The van der Waals surface area contributed by atoms with Crippen LogP contribution in [0.25, 0.3) is 0 Å². The minimum atomic E-state index is 0.0289. The molecule has 0 saturated carbocycles. The van der Waals surface area contributed by atoms with Crippen LogP contribution in [0.4, 0.5) is 0 Å². The van der Waals surface area contributed by atoms with Crippen LogP contribution in [0.5, 0.6) is 11.5 Å². The van der Waals surface area contributed by atoms with E-state index in [2.05, 4.69) is 0 Å². The van der Waals surface area contributed by atoms with E-state index in [0.717, 1.165) is 33.6 Å². The number of phenolic OH excluding ortho intramolecular Hbond substituents is 1. The Hall–Kier alpha value is -2.62. The second-order valence-electron chi connectivity index (χ2n) is 6.21. The lowest BCUT2D eigenvalue weighted by atomic mass is 10.0. The zero-order valence-electron chi connectivity index (χ0n) is 16.0. The van der Waals surface area contributed by atoms with E-state index in [-0.39, 0.29) is 17.3 Å². The molecular weight excluding hydrogens is 316 g/mol. The van der Waals surface area contributed by atoms with Gasteiger partial charge in [-0.2, -0.15) is 0 Å². The van der Waals surface area contributed by atoms with Crippen LogP contribution in [0.3, 0.4) is 0 Å². The molecule has 0 spiro atoms. The lowest BCUT2D eigenvalue weighted by molar-refractivity contribution is 0.100. The Bertz CT molecular complexity index is 758. The summed E-state index contributed by atoms with van der Waals surface area (Å²) in [5.74, 6) is 1.26. The predicted molar refractivity (Wildman–Crippen MR) is 100 cm³/mol. The zero-order chi connectivity index (χ0) is 19.3. The summed E-state index contributed by atoms with van der Waals surface area (Å²) in [6.07, 6.45) is 0. The van der Waals surface area contributed by atoms with Crippen LogP contribution in [0.15, 0.2) is 24.3 Å². The van der Waals surface area contributed by atoms with Gasteiger partial charge in [0.1, 0.15) is 11.5 Å². The molecule has 2 rings (SSSR count). The molecule has 4 heteroatoms. The summed E-state index contributed by atoms with van der Waals surface area (Å²) in [4.78, 5) is 22.1. The molecule has 4 nitrogen and oxygen atoms in total. The van der Waals surface area contributed by atoms with Crippen LogP contribution in [0.2, 0.25) is 0 Å². The van der Waals surface area contributed by atoms with Crippen molar-refractivity contribution in [3.8, 4) is 11.5 Å². The van der Waals surface area contributed by atoms with Crippen LogP contribution in [0, 0.1) is 27.7 Å². The summed E-state index contributed by atoms with van der Waals surface area (Å²) in [5, 5.41) is 9.40. The van der Waals surface area contributed by atoms with E-state index in [1.165, 1.54) is 6.92 Å². The fourth-order valence-electron chi connectivity index (χ4n) is 2.63. The van der Waals surface area contributed by atoms with E-state index in [1.807, 2.05) is 26.0 Å². The van der Waals surface area contributed by atoms with Gasteiger partial charge in [0, 0.05) is 11.1 Å². The highest BCUT2D eigenvalue weighted by molar-refractivity contribution is 5.95. The Morgan fingerprint density at radius 2 is 1.08 bits per heavy atom. The smallest absolute Gasteiger partial charge is 0.159 e. The maximum atomic E-state index is 11.1. The van der Waals surface area contributed by atoms with Gasteiger partial charge in [-0.25, -0.2) is 0 Å². The molecule has 0 atom stereocenters. The fourth-order valence-corrected chi connectivity index (χ4v) is 2.63.